The summed E-state index contributed by atoms with van der Waals surface area (Å²) in [4.78, 5) is 27.8. The van der Waals surface area contributed by atoms with Gasteiger partial charge in [0, 0.05) is 48.1 Å². The number of carbonyl (C=O) groups excluding carboxylic acids is 1. The zero-order valence-corrected chi connectivity index (χ0v) is 23.5. The Hall–Kier alpha value is -3.30. The first-order chi connectivity index (χ1) is 18.9. The third-order valence-electron chi connectivity index (χ3n) is 8.73. The van der Waals surface area contributed by atoms with E-state index in [-0.39, 0.29) is 5.91 Å². The van der Waals surface area contributed by atoms with Gasteiger partial charge < -0.3 is 19.9 Å². The molecule has 0 radical (unpaired) electrons. The van der Waals surface area contributed by atoms with E-state index in [2.05, 4.69) is 66.4 Å². The molecular formula is C30H39N7O2. The number of aromatic amines is 1. The monoisotopic (exact) mass is 529 g/mol. The molecule has 9 nitrogen and oxygen atoms in total. The molecule has 1 aliphatic carbocycles. The lowest BCUT2D eigenvalue weighted by Gasteiger charge is -2.31. The summed E-state index contributed by atoms with van der Waals surface area (Å²) in [5, 5.41) is 7.93. The number of hydrogen-bond donors (Lipinski definition) is 2. The van der Waals surface area contributed by atoms with Crippen molar-refractivity contribution in [3.8, 4) is 11.3 Å². The lowest BCUT2D eigenvalue weighted by atomic mass is 9.83. The molecule has 0 unspecified atom stereocenters. The van der Waals surface area contributed by atoms with Crippen molar-refractivity contribution in [3.05, 3.63) is 47.0 Å². The summed E-state index contributed by atoms with van der Waals surface area (Å²) in [7, 11) is 0. The number of rotatable bonds is 6. The van der Waals surface area contributed by atoms with Gasteiger partial charge in [-0.25, -0.2) is 9.50 Å². The highest BCUT2D eigenvalue weighted by Crippen LogP contribution is 2.39. The van der Waals surface area contributed by atoms with E-state index in [0.717, 1.165) is 59.2 Å². The van der Waals surface area contributed by atoms with Crippen molar-refractivity contribution in [1.82, 2.24) is 34.8 Å². The first-order valence-corrected chi connectivity index (χ1v) is 14.3. The number of nitrogens with one attached hydrogen (secondary N) is 2. The maximum atomic E-state index is 12.5. The van der Waals surface area contributed by atoms with Gasteiger partial charge in [0.15, 0.2) is 5.65 Å². The summed E-state index contributed by atoms with van der Waals surface area (Å²) in [6, 6.07) is 4.79. The van der Waals surface area contributed by atoms with Gasteiger partial charge >= 0.3 is 0 Å². The van der Waals surface area contributed by atoms with E-state index < -0.39 is 0 Å². The van der Waals surface area contributed by atoms with Crippen LogP contribution in [-0.2, 0) is 9.53 Å². The summed E-state index contributed by atoms with van der Waals surface area (Å²) in [5.74, 6) is 0.938. The van der Waals surface area contributed by atoms with Crippen molar-refractivity contribution >= 4 is 22.6 Å². The minimum absolute atomic E-state index is 0.186. The molecule has 0 bridgehead atoms. The maximum absolute atomic E-state index is 12.5. The summed E-state index contributed by atoms with van der Waals surface area (Å²) in [6.45, 7) is 11.9. The average Bonchev–Trinajstić information content (AvgIpc) is 3.59. The Morgan fingerprint density at radius 1 is 1.13 bits per heavy atom. The molecule has 1 saturated carbocycles. The van der Waals surface area contributed by atoms with Crippen LogP contribution < -0.4 is 5.32 Å². The summed E-state index contributed by atoms with van der Waals surface area (Å²) >= 11 is 0. The van der Waals surface area contributed by atoms with Gasteiger partial charge in [-0.05, 0) is 68.7 Å². The second-order valence-electron chi connectivity index (χ2n) is 11.4. The van der Waals surface area contributed by atoms with Gasteiger partial charge in [-0.15, -0.1) is 0 Å². The molecule has 4 aromatic rings. The number of hydrogen-bond acceptors (Lipinski definition) is 6. The molecule has 4 aromatic heterocycles. The van der Waals surface area contributed by atoms with Crippen molar-refractivity contribution in [1.29, 1.82) is 0 Å². The Morgan fingerprint density at radius 2 is 1.90 bits per heavy atom. The first-order valence-electron chi connectivity index (χ1n) is 14.3. The van der Waals surface area contributed by atoms with Crippen LogP contribution in [-0.4, -0.2) is 74.3 Å². The van der Waals surface area contributed by atoms with Gasteiger partial charge in [0.1, 0.15) is 6.33 Å². The standard InChI is InChI=1S/C30H39N7O2/c1-18(2)27-28(23-16-37-30(32-17-33-37)20(4)19(23)3)35-25-10-9-24(34-29(25)27)21-5-7-22(8-6-21)31-15-26(38)36-11-13-39-14-12-36/h9-10,16-18,21-22,31,35H,5-8,11-15H2,1-4H3. The van der Waals surface area contributed by atoms with Crippen LogP contribution in [0.3, 0.4) is 0 Å². The Bertz CT molecular complexity index is 1490. The van der Waals surface area contributed by atoms with Crippen LogP contribution in [0, 0.1) is 13.8 Å². The molecule has 1 aliphatic heterocycles. The Labute approximate surface area is 229 Å². The number of amides is 1. The van der Waals surface area contributed by atoms with Crippen LogP contribution in [0.25, 0.3) is 27.9 Å². The summed E-state index contributed by atoms with van der Waals surface area (Å²) < 4.78 is 7.23. The van der Waals surface area contributed by atoms with Crippen LogP contribution in [0.2, 0.25) is 0 Å². The number of fused-ring (bicyclic) bond motifs is 2. The third-order valence-corrected chi connectivity index (χ3v) is 8.73. The zero-order valence-electron chi connectivity index (χ0n) is 23.5. The lowest BCUT2D eigenvalue weighted by Crippen LogP contribution is -2.46. The Kier molecular flexibility index (Phi) is 7.12. The maximum Gasteiger partial charge on any atom is 0.236 e. The lowest BCUT2D eigenvalue weighted by molar-refractivity contribution is -0.134. The van der Waals surface area contributed by atoms with Gasteiger partial charge in [-0.2, -0.15) is 5.10 Å². The fourth-order valence-electron chi connectivity index (χ4n) is 6.31. The number of H-pyrrole nitrogens is 1. The molecule has 6 rings (SSSR count). The van der Waals surface area contributed by atoms with E-state index in [4.69, 9.17) is 9.72 Å². The quantitative estimate of drug-likeness (QED) is 0.382. The summed E-state index contributed by atoms with van der Waals surface area (Å²) in [5.41, 5.74) is 10.1. The average molecular weight is 530 g/mol. The van der Waals surface area contributed by atoms with Gasteiger partial charge in [0.05, 0.1) is 36.5 Å². The number of aromatic nitrogens is 5. The minimum Gasteiger partial charge on any atom is -0.378 e. The third kappa shape index (κ3) is 4.94. The predicted molar refractivity (Wildman–Crippen MR) is 152 cm³/mol. The molecule has 5 heterocycles. The molecule has 39 heavy (non-hydrogen) atoms. The normalized spacial score (nSPS) is 20.4. The number of nitrogens with zero attached hydrogens (tertiary/aromatic N) is 5. The Balaban J connectivity index is 1.20. The molecule has 2 aliphatic rings. The van der Waals surface area contributed by atoms with Gasteiger partial charge in [0.25, 0.3) is 0 Å². The van der Waals surface area contributed by atoms with Crippen LogP contribution in [0.15, 0.2) is 24.7 Å². The van der Waals surface area contributed by atoms with E-state index in [1.54, 1.807) is 6.33 Å². The molecule has 0 atom stereocenters. The molecule has 0 aromatic carbocycles. The SMILES string of the molecule is Cc1c(-c2[nH]c3ccc(C4CCC(NCC(=O)N5CCOCC5)CC4)nc3c2C(C)C)cn2ncnc2c1C. The van der Waals surface area contributed by atoms with Crippen molar-refractivity contribution in [2.24, 2.45) is 0 Å². The van der Waals surface area contributed by atoms with E-state index in [0.29, 0.717) is 50.7 Å². The number of ether oxygens (including phenoxy) is 1. The fraction of sp³-hybridized carbons (Fsp3) is 0.533. The van der Waals surface area contributed by atoms with Gasteiger partial charge in [-0.1, -0.05) is 13.8 Å². The highest BCUT2D eigenvalue weighted by molar-refractivity contribution is 5.89. The predicted octanol–water partition coefficient (Wildman–Crippen LogP) is 4.49. The fourth-order valence-corrected chi connectivity index (χ4v) is 6.31. The molecule has 0 spiro atoms. The highest BCUT2D eigenvalue weighted by atomic mass is 16.5. The summed E-state index contributed by atoms with van der Waals surface area (Å²) in [6.07, 6.45) is 7.98. The van der Waals surface area contributed by atoms with E-state index in [9.17, 15) is 4.79 Å². The van der Waals surface area contributed by atoms with E-state index in [1.807, 2.05) is 9.42 Å². The van der Waals surface area contributed by atoms with Crippen LogP contribution in [0.5, 0.6) is 0 Å². The minimum atomic E-state index is 0.186. The molecule has 2 fully saturated rings. The zero-order chi connectivity index (χ0) is 27.1. The van der Waals surface area contributed by atoms with Crippen molar-refractivity contribution in [2.75, 3.05) is 32.8 Å². The van der Waals surface area contributed by atoms with Crippen molar-refractivity contribution in [2.45, 2.75) is 71.3 Å². The van der Waals surface area contributed by atoms with Crippen LogP contribution >= 0.6 is 0 Å². The van der Waals surface area contributed by atoms with Crippen LogP contribution in [0.1, 0.15) is 73.8 Å². The van der Waals surface area contributed by atoms with Crippen molar-refractivity contribution < 1.29 is 9.53 Å². The number of aryl methyl sites for hydroxylation is 1. The van der Waals surface area contributed by atoms with Crippen LogP contribution in [0.4, 0.5) is 0 Å². The molecular weight excluding hydrogens is 490 g/mol. The second-order valence-corrected chi connectivity index (χ2v) is 11.4. The van der Waals surface area contributed by atoms with E-state index >= 15 is 0 Å². The topological polar surface area (TPSA) is 100 Å². The number of carbonyl (C=O) groups is 1. The van der Waals surface area contributed by atoms with Gasteiger partial charge in [0.2, 0.25) is 5.91 Å². The van der Waals surface area contributed by atoms with Crippen molar-refractivity contribution in [3.63, 3.8) is 0 Å². The molecule has 2 N–H and O–H groups in total. The number of morpholine rings is 1. The molecule has 1 saturated heterocycles. The highest BCUT2D eigenvalue weighted by Gasteiger charge is 2.26. The smallest absolute Gasteiger partial charge is 0.236 e. The number of pyridine rings is 2. The largest absolute Gasteiger partial charge is 0.378 e. The van der Waals surface area contributed by atoms with E-state index in [1.165, 1.54) is 16.8 Å². The molecule has 1 amide bonds. The van der Waals surface area contributed by atoms with Gasteiger partial charge in [-0.3, -0.25) is 9.78 Å². The first kappa shape index (κ1) is 26.0. The molecule has 206 valence electrons. The second kappa shape index (κ2) is 10.7. The Morgan fingerprint density at radius 3 is 2.64 bits per heavy atom. The molecule has 9 heteroatoms.